The van der Waals surface area contributed by atoms with Gasteiger partial charge in [0.05, 0.1) is 13.2 Å². The molecule has 0 bridgehead atoms. The van der Waals surface area contributed by atoms with Crippen LogP contribution in [0.1, 0.15) is 18.9 Å². The van der Waals surface area contributed by atoms with E-state index in [2.05, 4.69) is 20.6 Å². The second-order valence-corrected chi connectivity index (χ2v) is 9.98. The summed E-state index contributed by atoms with van der Waals surface area (Å²) in [5, 5.41) is 5.87. The van der Waals surface area contributed by atoms with Crippen molar-refractivity contribution in [1.82, 2.24) is 29.7 Å². The number of benzene rings is 2. The van der Waals surface area contributed by atoms with Gasteiger partial charge in [0, 0.05) is 50.3 Å². The number of ether oxygens (including phenoxy) is 2. The number of hydrogen-bond donors (Lipinski definition) is 2. The quantitative estimate of drug-likeness (QED) is 0.292. The Morgan fingerprint density at radius 1 is 1.02 bits per heavy atom. The van der Waals surface area contributed by atoms with Gasteiger partial charge in [0.25, 0.3) is 0 Å². The summed E-state index contributed by atoms with van der Waals surface area (Å²) in [7, 11) is 1.59. The fraction of sp³-hybridized carbons (Fsp3) is 0.300. The van der Waals surface area contributed by atoms with Gasteiger partial charge in [0.15, 0.2) is 6.23 Å². The van der Waals surface area contributed by atoms with Gasteiger partial charge in [-0.25, -0.2) is 14.8 Å². The second-order valence-electron chi connectivity index (χ2n) is 9.98. The molecule has 5 rings (SSSR count). The molecule has 3 amide bonds. The Morgan fingerprint density at radius 3 is 2.50 bits per heavy atom. The van der Waals surface area contributed by atoms with E-state index >= 15 is 0 Å². The van der Waals surface area contributed by atoms with Crippen LogP contribution in [0.25, 0.3) is 5.95 Å². The third-order valence-corrected chi connectivity index (χ3v) is 6.89. The van der Waals surface area contributed by atoms with Crippen LogP contribution in [-0.2, 0) is 4.79 Å². The van der Waals surface area contributed by atoms with Crippen LogP contribution in [0, 0.1) is 6.92 Å². The number of methoxy groups -OCH3 is 1. The van der Waals surface area contributed by atoms with Crippen LogP contribution in [0.4, 0.5) is 16.3 Å². The van der Waals surface area contributed by atoms with E-state index < -0.39 is 6.23 Å². The number of nitrogens with one attached hydrogen (secondary N) is 2. The molecule has 2 atom stereocenters. The summed E-state index contributed by atoms with van der Waals surface area (Å²) >= 11 is 0. The summed E-state index contributed by atoms with van der Waals surface area (Å²) < 4.78 is 12.8. The van der Waals surface area contributed by atoms with Crippen molar-refractivity contribution in [2.75, 3.05) is 37.0 Å². The molecule has 0 radical (unpaired) electrons. The first-order valence-electron chi connectivity index (χ1n) is 13.7. The molecule has 42 heavy (non-hydrogen) atoms. The zero-order valence-electron chi connectivity index (χ0n) is 23.8. The van der Waals surface area contributed by atoms with E-state index in [0.717, 1.165) is 5.56 Å². The van der Waals surface area contributed by atoms with Gasteiger partial charge in [0.1, 0.15) is 23.6 Å². The molecule has 12 nitrogen and oxygen atoms in total. The lowest BCUT2D eigenvalue weighted by Gasteiger charge is -2.42. The number of carbonyl (C=O) groups excluding carboxylic acids is 2. The number of anilines is 2. The van der Waals surface area contributed by atoms with Crippen molar-refractivity contribution in [2.24, 2.45) is 0 Å². The highest BCUT2D eigenvalue weighted by molar-refractivity contribution is 5.89. The van der Waals surface area contributed by atoms with Crippen molar-refractivity contribution in [3.63, 3.8) is 0 Å². The van der Waals surface area contributed by atoms with Gasteiger partial charge in [0.2, 0.25) is 11.9 Å². The number of nitrogens with zero attached hydrogens (tertiary/aromatic N) is 6. The molecule has 2 aromatic carbocycles. The Labute approximate surface area is 244 Å². The molecular formula is C30H34N8O4. The molecule has 1 aliphatic rings. The predicted molar refractivity (Wildman–Crippen MR) is 158 cm³/mol. The largest absolute Gasteiger partial charge is 0.497 e. The average Bonchev–Trinajstić information content (AvgIpc) is 3.54. The minimum Gasteiger partial charge on any atom is -0.497 e. The van der Waals surface area contributed by atoms with Crippen LogP contribution >= 0.6 is 0 Å². The van der Waals surface area contributed by atoms with Crippen LogP contribution in [-0.4, -0.2) is 75.4 Å². The Hall–Kier alpha value is -5.13. The predicted octanol–water partition coefficient (Wildman–Crippen LogP) is 3.63. The Bertz CT molecular complexity index is 1480. The maximum absolute atomic E-state index is 13.2. The molecule has 4 aromatic rings. The van der Waals surface area contributed by atoms with Gasteiger partial charge < -0.3 is 29.9 Å². The van der Waals surface area contributed by atoms with Gasteiger partial charge in [-0.3, -0.25) is 9.36 Å². The van der Waals surface area contributed by atoms with E-state index in [1.54, 1.807) is 72.7 Å². The highest BCUT2D eigenvalue weighted by Crippen LogP contribution is 2.23. The van der Waals surface area contributed by atoms with E-state index in [9.17, 15) is 9.59 Å². The summed E-state index contributed by atoms with van der Waals surface area (Å²) in [5.74, 6) is 2.29. The fourth-order valence-electron chi connectivity index (χ4n) is 4.74. The van der Waals surface area contributed by atoms with Crippen molar-refractivity contribution in [3.8, 4) is 17.4 Å². The van der Waals surface area contributed by atoms with Crippen LogP contribution in [0.15, 0.2) is 79.5 Å². The number of urea groups is 1. The Kier molecular flexibility index (Phi) is 8.81. The van der Waals surface area contributed by atoms with E-state index in [0.29, 0.717) is 48.6 Å². The summed E-state index contributed by atoms with van der Waals surface area (Å²) in [6.07, 6.45) is 6.30. The summed E-state index contributed by atoms with van der Waals surface area (Å²) in [4.78, 5) is 43.4. The van der Waals surface area contributed by atoms with Crippen LogP contribution in [0.2, 0.25) is 0 Å². The number of rotatable bonds is 9. The molecule has 2 N–H and O–H groups in total. The zero-order chi connectivity index (χ0) is 29.5. The monoisotopic (exact) mass is 570 g/mol. The lowest BCUT2D eigenvalue weighted by Crippen LogP contribution is -2.57. The van der Waals surface area contributed by atoms with Crippen LogP contribution in [0.3, 0.4) is 0 Å². The van der Waals surface area contributed by atoms with Crippen LogP contribution in [0.5, 0.6) is 11.5 Å². The van der Waals surface area contributed by atoms with Crippen molar-refractivity contribution in [3.05, 3.63) is 85.1 Å². The molecule has 218 valence electrons. The van der Waals surface area contributed by atoms with Gasteiger partial charge in [-0.05, 0) is 56.3 Å². The van der Waals surface area contributed by atoms with Gasteiger partial charge in [-0.2, -0.15) is 4.98 Å². The number of piperazine rings is 1. The highest BCUT2D eigenvalue weighted by atomic mass is 16.5. The number of amides is 3. The number of carbonyl (C=O) groups is 2. The van der Waals surface area contributed by atoms with E-state index in [-0.39, 0.29) is 24.4 Å². The van der Waals surface area contributed by atoms with Crippen molar-refractivity contribution >= 4 is 23.4 Å². The summed E-state index contributed by atoms with van der Waals surface area (Å²) in [5.41, 5.74) is 1.78. The minimum atomic E-state index is -0.543. The zero-order valence-corrected chi connectivity index (χ0v) is 23.8. The average molecular weight is 571 g/mol. The lowest BCUT2D eigenvalue weighted by atomic mass is 10.1. The summed E-state index contributed by atoms with van der Waals surface area (Å²) in [6, 6.07) is 16.0. The minimum absolute atomic E-state index is 0.123. The van der Waals surface area contributed by atoms with Crippen molar-refractivity contribution in [1.29, 1.82) is 0 Å². The first-order valence-corrected chi connectivity index (χ1v) is 13.7. The van der Waals surface area contributed by atoms with E-state index in [1.165, 1.54) is 0 Å². The van der Waals surface area contributed by atoms with Crippen LogP contribution < -0.4 is 25.0 Å². The molecule has 2 aromatic heterocycles. The molecule has 2 unspecified atom stereocenters. The second kappa shape index (κ2) is 13.0. The maximum atomic E-state index is 13.2. The molecule has 12 heteroatoms. The molecule has 0 spiro atoms. The first kappa shape index (κ1) is 28.4. The van der Waals surface area contributed by atoms with Crippen molar-refractivity contribution in [2.45, 2.75) is 32.5 Å². The molecule has 3 heterocycles. The Morgan fingerprint density at radius 2 is 1.79 bits per heavy atom. The number of imidazole rings is 1. The smallest absolute Gasteiger partial charge is 0.321 e. The van der Waals surface area contributed by atoms with Gasteiger partial charge >= 0.3 is 6.03 Å². The lowest BCUT2D eigenvalue weighted by molar-refractivity contribution is -0.123. The number of aryl methyl sites for hydroxylation is 1. The molecular weight excluding hydrogens is 536 g/mol. The van der Waals surface area contributed by atoms with E-state index in [4.69, 9.17) is 14.5 Å². The molecule has 0 saturated carbocycles. The third-order valence-electron chi connectivity index (χ3n) is 6.89. The molecule has 1 fully saturated rings. The number of aromatic nitrogens is 4. The van der Waals surface area contributed by atoms with E-state index in [1.807, 2.05) is 42.2 Å². The normalized spacial score (nSPS) is 15.5. The molecule has 1 saturated heterocycles. The SMILES string of the molecule is COc1ccc(NC(=O)N2CCN(c3ccnc(-n4ccnc4)n3)C(CC(=O)NC(C)Oc3ccc(C)cc3)C2)cc1. The Balaban J connectivity index is 1.30. The van der Waals surface area contributed by atoms with Gasteiger partial charge in [-0.1, -0.05) is 17.7 Å². The highest BCUT2D eigenvalue weighted by Gasteiger charge is 2.32. The fourth-order valence-corrected chi connectivity index (χ4v) is 4.74. The summed E-state index contributed by atoms with van der Waals surface area (Å²) in [6.45, 7) is 5.02. The first-order chi connectivity index (χ1) is 20.4. The standard InChI is InChI=1S/C30H34N8O4/c1-21-4-8-26(9-5-21)42-22(2)33-28(39)18-24-19-36(30(40)34-23-6-10-25(41-3)11-7-23)16-17-38(24)27-12-13-32-29(35-27)37-15-14-31-20-37/h4-15,20,22,24H,16-19H2,1-3H3,(H,33,39)(H,34,40). The molecule has 1 aliphatic heterocycles. The third kappa shape index (κ3) is 7.14. The van der Waals surface area contributed by atoms with Gasteiger partial charge in [-0.15, -0.1) is 0 Å². The number of hydrogen-bond acceptors (Lipinski definition) is 8. The maximum Gasteiger partial charge on any atom is 0.321 e. The molecule has 0 aliphatic carbocycles. The van der Waals surface area contributed by atoms with Crippen molar-refractivity contribution < 1.29 is 19.1 Å². The topological polar surface area (TPSA) is 127 Å².